The predicted molar refractivity (Wildman–Crippen MR) is 63.2 cm³/mol. The Hall–Kier alpha value is -0.570. The molecule has 3 nitrogen and oxygen atoms in total. The summed E-state index contributed by atoms with van der Waals surface area (Å²) in [5.74, 6) is -0.0819. The third-order valence-corrected chi connectivity index (χ3v) is 3.06. The zero-order chi connectivity index (χ0) is 12.2. The van der Waals surface area contributed by atoms with Crippen LogP contribution < -0.4 is 0 Å². The molecule has 94 valence electrons. The highest BCUT2D eigenvalue weighted by molar-refractivity contribution is 5.77. The van der Waals surface area contributed by atoms with E-state index >= 15 is 0 Å². The van der Waals surface area contributed by atoms with Crippen LogP contribution >= 0.6 is 0 Å². The van der Waals surface area contributed by atoms with Crippen LogP contribution in [0.3, 0.4) is 0 Å². The van der Waals surface area contributed by atoms with Crippen LogP contribution in [0.4, 0.5) is 0 Å². The first kappa shape index (κ1) is 13.5. The first-order valence-electron chi connectivity index (χ1n) is 6.12. The van der Waals surface area contributed by atoms with Crippen molar-refractivity contribution in [1.82, 2.24) is 0 Å². The summed E-state index contributed by atoms with van der Waals surface area (Å²) in [4.78, 5) is 12.2. The topological polar surface area (TPSA) is 35.5 Å². The monoisotopic (exact) mass is 228 g/mol. The molecular formula is C13H24O3. The Balaban J connectivity index is 2.72. The summed E-state index contributed by atoms with van der Waals surface area (Å²) in [7, 11) is 1.65. The van der Waals surface area contributed by atoms with E-state index in [1.807, 2.05) is 20.8 Å². The van der Waals surface area contributed by atoms with Gasteiger partial charge in [0.1, 0.15) is 5.60 Å². The second kappa shape index (κ2) is 5.17. The third-order valence-electron chi connectivity index (χ3n) is 3.06. The van der Waals surface area contributed by atoms with E-state index in [9.17, 15) is 4.79 Å². The van der Waals surface area contributed by atoms with Crippen molar-refractivity contribution in [2.45, 2.75) is 58.5 Å². The molecule has 1 fully saturated rings. The fraction of sp³-hybridized carbons (Fsp3) is 0.923. The molecule has 0 aromatic rings. The molecule has 0 aromatic heterocycles. The van der Waals surface area contributed by atoms with Gasteiger partial charge in [-0.1, -0.05) is 19.3 Å². The molecule has 0 unspecified atom stereocenters. The first-order valence-corrected chi connectivity index (χ1v) is 6.12. The number of hydrogen-bond acceptors (Lipinski definition) is 3. The van der Waals surface area contributed by atoms with Crippen LogP contribution in [0.25, 0.3) is 0 Å². The van der Waals surface area contributed by atoms with Gasteiger partial charge in [-0.3, -0.25) is 4.79 Å². The maximum absolute atomic E-state index is 12.2. The number of hydrogen-bond donors (Lipinski definition) is 0. The number of carbonyl (C=O) groups is 1. The van der Waals surface area contributed by atoms with Crippen LogP contribution in [0.1, 0.15) is 52.9 Å². The third kappa shape index (κ3) is 3.48. The minimum Gasteiger partial charge on any atom is -0.459 e. The molecule has 0 saturated heterocycles. The summed E-state index contributed by atoms with van der Waals surface area (Å²) in [6.45, 7) is 6.22. The lowest BCUT2D eigenvalue weighted by atomic mass is 9.74. The van der Waals surface area contributed by atoms with Crippen LogP contribution in [0.15, 0.2) is 0 Å². The first-order chi connectivity index (χ1) is 7.40. The van der Waals surface area contributed by atoms with Gasteiger partial charge in [0.25, 0.3) is 0 Å². The fourth-order valence-corrected chi connectivity index (χ4v) is 2.30. The highest BCUT2D eigenvalue weighted by atomic mass is 16.6. The van der Waals surface area contributed by atoms with Gasteiger partial charge >= 0.3 is 5.97 Å². The Morgan fingerprint density at radius 1 is 1.19 bits per heavy atom. The van der Waals surface area contributed by atoms with E-state index in [0.29, 0.717) is 6.61 Å². The van der Waals surface area contributed by atoms with Crippen LogP contribution in [0.5, 0.6) is 0 Å². The summed E-state index contributed by atoms with van der Waals surface area (Å²) in [5, 5.41) is 0. The lowest BCUT2D eigenvalue weighted by Crippen LogP contribution is -2.42. The van der Waals surface area contributed by atoms with Crippen LogP contribution in [-0.2, 0) is 14.3 Å². The number of rotatable bonds is 3. The summed E-state index contributed by atoms with van der Waals surface area (Å²) in [6.07, 6.45) is 5.21. The molecule has 0 spiro atoms. The Kier molecular flexibility index (Phi) is 4.36. The highest BCUT2D eigenvalue weighted by Crippen LogP contribution is 2.38. The smallest absolute Gasteiger partial charge is 0.314 e. The lowest BCUT2D eigenvalue weighted by molar-refractivity contribution is -0.173. The summed E-state index contributed by atoms with van der Waals surface area (Å²) < 4.78 is 10.7. The summed E-state index contributed by atoms with van der Waals surface area (Å²) in [5.41, 5.74) is -0.796. The molecule has 0 radical (unpaired) electrons. The van der Waals surface area contributed by atoms with Gasteiger partial charge in [0.2, 0.25) is 0 Å². The summed E-state index contributed by atoms with van der Waals surface area (Å²) >= 11 is 0. The van der Waals surface area contributed by atoms with E-state index in [0.717, 1.165) is 25.7 Å². The number of esters is 1. The van der Waals surface area contributed by atoms with E-state index < -0.39 is 5.60 Å². The van der Waals surface area contributed by atoms with Crippen molar-refractivity contribution in [3.63, 3.8) is 0 Å². The molecule has 0 atom stereocenters. The molecule has 16 heavy (non-hydrogen) atoms. The molecule has 1 aliphatic carbocycles. The van der Waals surface area contributed by atoms with Crippen molar-refractivity contribution in [3.05, 3.63) is 0 Å². The van der Waals surface area contributed by atoms with Gasteiger partial charge in [-0.05, 0) is 33.6 Å². The quantitative estimate of drug-likeness (QED) is 0.697. The van der Waals surface area contributed by atoms with Gasteiger partial charge in [0.15, 0.2) is 0 Å². The molecule has 3 heteroatoms. The van der Waals surface area contributed by atoms with Crippen molar-refractivity contribution in [2.75, 3.05) is 13.7 Å². The maximum Gasteiger partial charge on any atom is 0.314 e. The second-order valence-electron chi connectivity index (χ2n) is 5.78. The van der Waals surface area contributed by atoms with Gasteiger partial charge < -0.3 is 9.47 Å². The largest absolute Gasteiger partial charge is 0.459 e. The Labute approximate surface area is 98.5 Å². The van der Waals surface area contributed by atoms with Crippen LogP contribution in [0.2, 0.25) is 0 Å². The number of ether oxygens (including phenoxy) is 2. The molecule has 0 heterocycles. The summed E-state index contributed by atoms with van der Waals surface area (Å²) in [6, 6.07) is 0. The van der Waals surface area contributed by atoms with E-state index in [2.05, 4.69) is 0 Å². The van der Waals surface area contributed by atoms with E-state index in [1.165, 1.54) is 6.42 Å². The average molecular weight is 228 g/mol. The van der Waals surface area contributed by atoms with Crippen molar-refractivity contribution in [2.24, 2.45) is 5.41 Å². The van der Waals surface area contributed by atoms with Gasteiger partial charge in [0, 0.05) is 7.11 Å². The van der Waals surface area contributed by atoms with Gasteiger partial charge in [-0.2, -0.15) is 0 Å². The van der Waals surface area contributed by atoms with Gasteiger partial charge in [-0.25, -0.2) is 0 Å². The van der Waals surface area contributed by atoms with Crippen molar-refractivity contribution in [3.8, 4) is 0 Å². The maximum atomic E-state index is 12.2. The van der Waals surface area contributed by atoms with Crippen molar-refractivity contribution in [1.29, 1.82) is 0 Å². The van der Waals surface area contributed by atoms with E-state index in [1.54, 1.807) is 7.11 Å². The average Bonchev–Trinajstić information content (AvgIpc) is 2.17. The van der Waals surface area contributed by atoms with Crippen molar-refractivity contribution < 1.29 is 14.3 Å². The van der Waals surface area contributed by atoms with Crippen LogP contribution in [0, 0.1) is 5.41 Å². The molecule has 1 rings (SSSR count). The number of methoxy groups -OCH3 is 1. The predicted octanol–water partition coefficient (Wildman–Crippen LogP) is 2.93. The lowest BCUT2D eigenvalue weighted by Gasteiger charge is -2.36. The SMILES string of the molecule is COCC1(C(=O)OC(C)(C)C)CCCCC1. The normalized spacial score (nSPS) is 20.5. The molecule has 1 saturated carbocycles. The van der Waals surface area contributed by atoms with Crippen LogP contribution in [-0.4, -0.2) is 25.3 Å². The molecule has 0 amide bonds. The Bertz CT molecular complexity index is 229. The molecule has 0 aliphatic heterocycles. The molecule has 0 N–H and O–H groups in total. The van der Waals surface area contributed by atoms with Gasteiger partial charge in [0.05, 0.1) is 12.0 Å². The molecular weight excluding hydrogens is 204 g/mol. The molecule has 0 bridgehead atoms. The highest BCUT2D eigenvalue weighted by Gasteiger charge is 2.42. The van der Waals surface area contributed by atoms with E-state index in [4.69, 9.17) is 9.47 Å². The number of carbonyl (C=O) groups excluding carboxylic acids is 1. The Morgan fingerprint density at radius 2 is 1.75 bits per heavy atom. The molecule has 1 aliphatic rings. The van der Waals surface area contributed by atoms with Gasteiger partial charge in [-0.15, -0.1) is 0 Å². The second-order valence-corrected chi connectivity index (χ2v) is 5.78. The Morgan fingerprint density at radius 3 is 2.19 bits per heavy atom. The minimum atomic E-state index is -0.407. The standard InChI is InChI=1S/C13H24O3/c1-12(2,3)16-11(14)13(10-15-4)8-6-5-7-9-13/h5-10H2,1-4H3. The fourth-order valence-electron chi connectivity index (χ4n) is 2.30. The van der Waals surface area contributed by atoms with E-state index in [-0.39, 0.29) is 11.4 Å². The van der Waals surface area contributed by atoms with Crippen molar-refractivity contribution >= 4 is 5.97 Å². The minimum absolute atomic E-state index is 0.0819. The molecule has 0 aromatic carbocycles. The zero-order valence-electron chi connectivity index (χ0n) is 11.0. The zero-order valence-corrected chi connectivity index (χ0v) is 11.0.